The lowest BCUT2D eigenvalue weighted by Gasteiger charge is -2.13. The summed E-state index contributed by atoms with van der Waals surface area (Å²) in [6.07, 6.45) is 1.44. The van der Waals surface area contributed by atoms with E-state index >= 15 is 0 Å². The molecule has 0 saturated carbocycles. The van der Waals surface area contributed by atoms with Crippen molar-refractivity contribution in [1.82, 2.24) is 0 Å². The van der Waals surface area contributed by atoms with Crippen LogP contribution in [0.2, 0.25) is 5.02 Å². The maximum absolute atomic E-state index is 12.5. The van der Waals surface area contributed by atoms with Gasteiger partial charge in [0.15, 0.2) is 11.5 Å². The highest BCUT2D eigenvalue weighted by Gasteiger charge is 2.14. The van der Waals surface area contributed by atoms with Crippen LogP contribution in [0.15, 0.2) is 72.3 Å². The Morgan fingerprint density at radius 2 is 1.78 bits per heavy atom. The molecular weight excluding hydrogens is 428 g/mol. The van der Waals surface area contributed by atoms with Gasteiger partial charge in [0.2, 0.25) is 0 Å². The van der Waals surface area contributed by atoms with E-state index in [2.05, 4.69) is 5.32 Å². The first kappa shape index (κ1) is 22.7. The predicted molar refractivity (Wildman–Crippen MR) is 124 cm³/mol. The largest absolute Gasteiger partial charge is 0.497 e. The molecule has 1 amide bonds. The van der Waals surface area contributed by atoms with Crippen molar-refractivity contribution in [2.75, 3.05) is 19.5 Å². The number of methoxy groups -OCH3 is 2. The van der Waals surface area contributed by atoms with Crippen molar-refractivity contribution in [2.45, 2.75) is 6.61 Å². The van der Waals surface area contributed by atoms with E-state index in [4.69, 9.17) is 25.8 Å². The molecule has 0 fully saturated rings. The summed E-state index contributed by atoms with van der Waals surface area (Å²) in [6.45, 7) is 0.319. The van der Waals surface area contributed by atoms with Crippen LogP contribution < -0.4 is 19.5 Å². The molecule has 0 aliphatic carbocycles. The fourth-order valence-electron chi connectivity index (χ4n) is 2.88. The number of nitrogens with zero attached hydrogens (tertiary/aromatic N) is 1. The molecule has 3 aromatic carbocycles. The van der Waals surface area contributed by atoms with Gasteiger partial charge in [-0.05, 0) is 53.6 Å². The third kappa shape index (κ3) is 5.81. The van der Waals surface area contributed by atoms with Crippen LogP contribution >= 0.6 is 11.6 Å². The van der Waals surface area contributed by atoms with Crippen LogP contribution in [-0.4, -0.2) is 20.1 Å². The van der Waals surface area contributed by atoms with Crippen LogP contribution in [0.5, 0.6) is 17.2 Å². The minimum atomic E-state index is -0.544. The van der Waals surface area contributed by atoms with E-state index in [9.17, 15) is 10.1 Å². The molecule has 0 aliphatic rings. The molecule has 0 unspecified atom stereocenters. The molecule has 0 bridgehead atoms. The van der Waals surface area contributed by atoms with E-state index in [1.54, 1.807) is 43.5 Å². The van der Waals surface area contributed by atoms with Gasteiger partial charge in [0.1, 0.15) is 24.0 Å². The summed E-state index contributed by atoms with van der Waals surface area (Å²) in [5, 5.41) is 12.5. The maximum atomic E-state index is 12.5. The number of amides is 1. The number of benzene rings is 3. The van der Waals surface area contributed by atoms with Crippen molar-refractivity contribution in [3.8, 4) is 23.3 Å². The van der Waals surface area contributed by atoms with Gasteiger partial charge < -0.3 is 19.5 Å². The quantitative estimate of drug-likeness (QED) is 0.364. The van der Waals surface area contributed by atoms with Crippen LogP contribution in [0.3, 0.4) is 0 Å². The molecule has 0 spiro atoms. The Morgan fingerprint density at radius 1 is 1.06 bits per heavy atom. The summed E-state index contributed by atoms with van der Waals surface area (Å²) in [5.41, 5.74) is 1.96. The van der Waals surface area contributed by atoms with E-state index in [-0.39, 0.29) is 5.57 Å². The summed E-state index contributed by atoms with van der Waals surface area (Å²) < 4.78 is 16.4. The zero-order chi connectivity index (χ0) is 22.9. The first-order valence-electron chi connectivity index (χ1n) is 9.65. The van der Waals surface area contributed by atoms with Crippen molar-refractivity contribution < 1.29 is 19.0 Å². The summed E-state index contributed by atoms with van der Waals surface area (Å²) in [7, 11) is 3.05. The fraction of sp³-hybridized carbons (Fsp3) is 0.120. The summed E-state index contributed by atoms with van der Waals surface area (Å²) in [4.78, 5) is 12.5. The van der Waals surface area contributed by atoms with Crippen molar-refractivity contribution in [1.29, 1.82) is 5.26 Å². The monoisotopic (exact) mass is 448 g/mol. The number of halogens is 1. The van der Waals surface area contributed by atoms with Crippen molar-refractivity contribution >= 4 is 29.3 Å². The van der Waals surface area contributed by atoms with Crippen LogP contribution in [0.25, 0.3) is 6.08 Å². The lowest BCUT2D eigenvalue weighted by atomic mass is 10.1. The highest BCUT2D eigenvalue weighted by atomic mass is 35.5. The standard InChI is InChI=1S/C25H21ClN2O4/c1-30-21-10-8-20(9-11-21)28-25(29)19(15-27)12-18-13-22(26)24(23(14-18)31-2)32-16-17-6-4-3-5-7-17/h3-14H,16H2,1-2H3,(H,28,29)/b19-12-. The molecule has 162 valence electrons. The normalized spacial score (nSPS) is 10.8. The molecular formula is C25H21ClN2O4. The summed E-state index contributed by atoms with van der Waals surface area (Å²) >= 11 is 6.41. The number of nitriles is 1. The zero-order valence-electron chi connectivity index (χ0n) is 17.6. The number of carbonyl (C=O) groups excluding carboxylic acids is 1. The Morgan fingerprint density at radius 3 is 2.41 bits per heavy atom. The zero-order valence-corrected chi connectivity index (χ0v) is 18.3. The molecule has 0 radical (unpaired) electrons. The molecule has 0 atom stereocenters. The van der Waals surface area contributed by atoms with E-state index in [0.29, 0.717) is 40.1 Å². The first-order valence-corrected chi connectivity index (χ1v) is 10.0. The third-order valence-electron chi connectivity index (χ3n) is 4.50. The van der Waals surface area contributed by atoms with E-state index in [1.165, 1.54) is 13.2 Å². The average molecular weight is 449 g/mol. The third-order valence-corrected chi connectivity index (χ3v) is 4.78. The van der Waals surface area contributed by atoms with Gasteiger partial charge in [-0.1, -0.05) is 41.9 Å². The van der Waals surface area contributed by atoms with Crippen LogP contribution in [0, 0.1) is 11.3 Å². The van der Waals surface area contributed by atoms with Gasteiger partial charge in [0.25, 0.3) is 5.91 Å². The van der Waals surface area contributed by atoms with Crippen LogP contribution in [0.1, 0.15) is 11.1 Å². The van der Waals surface area contributed by atoms with Gasteiger partial charge in [0.05, 0.1) is 19.2 Å². The number of anilines is 1. The highest BCUT2D eigenvalue weighted by molar-refractivity contribution is 6.32. The topological polar surface area (TPSA) is 80.6 Å². The van der Waals surface area contributed by atoms with Gasteiger partial charge in [-0.2, -0.15) is 5.26 Å². The van der Waals surface area contributed by atoms with Crippen LogP contribution in [0.4, 0.5) is 5.69 Å². The lowest BCUT2D eigenvalue weighted by Crippen LogP contribution is -2.13. The molecule has 0 aromatic heterocycles. The van der Waals surface area contributed by atoms with E-state index in [1.807, 2.05) is 36.4 Å². The molecule has 3 rings (SSSR count). The Hall–Kier alpha value is -3.95. The fourth-order valence-corrected chi connectivity index (χ4v) is 3.15. The van der Waals surface area contributed by atoms with Crippen molar-refractivity contribution in [3.05, 3.63) is 88.5 Å². The second kappa shape index (κ2) is 10.9. The van der Waals surface area contributed by atoms with Gasteiger partial charge in [-0.3, -0.25) is 4.79 Å². The summed E-state index contributed by atoms with van der Waals surface area (Å²) in [5.74, 6) is 0.899. The molecule has 1 N–H and O–H groups in total. The Balaban J connectivity index is 1.79. The van der Waals surface area contributed by atoms with Gasteiger partial charge in [-0.15, -0.1) is 0 Å². The molecule has 0 aliphatic heterocycles. The Labute approximate surface area is 191 Å². The molecule has 0 heterocycles. The average Bonchev–Trinajstić information content (AvgIpc) is 2.82. The van der Waals surface area contributed by atoms with Gasteiger partial charge >= 0.3 is 0 Å². The molecule has 32 heavy (non-hydrogen) atoms. The predicted octanol–water partition coefficient (Wildman–Crippen LogP) is 5.48. The highest BCUT2D eigenvalue weighted by Crippen LogP contribution is 2.37. The summed E-state index contributed by atoms with van der Waals surface area (Å²) in [6, 6.07) is 21.6. The van der Waals surface area contributed by atoms with Gasteiger partial charge in [-0.25, -0.2) is 0 Å². The molecule has 7 heteroatoms. The second-order valence-corrected chi connectivity index (χ2v) is 7.07. The molecule has 3 aromatic rings. The van der Waals surface area contributed by atoms with Crippen LogP contribution in [-0.2, 0) is 11.4 Å². The van der Waals surface area contributed by atoms with Crippen molar-refractivity contribution in [3.63, 3.8) is 0 Å². The number of nitrogens with one attached hydrogen (secondary N) is 1. The van der Waals surface area contributed by atoms with E-state index in [0.717, 1.165) is 5.56 Å². The number of hydrogen-bond donors (Lipinski definition) is 1. The minimum Gasteiger partial charge on any atom is -0.497 e. The Kier molecular flexibility index (Phi) is 7.74. The van der Waals surface area contributed by atoms with Crippen molar-refractivity contribution in [2.24, 2.45) is 0 Å². The second-order valence-electron chi connectivity index (χ2n) is 6.66. The number of carbonyl (C=O) groups is 1. The maximum Gasteiger partial charge on any atom is 0.266 e. The Bertz CT molecular complexity index is 1150. The number of rotatable bonds is 8. The number of hydrogen-bond acceptors (Lipinski definition) is 5. The first-order chi connectivity index (χ1) is 15.5. The molecule has 6 nitrogen and oxygen atoms in total. The number of ether oxygens (including phenoxy) is 3. The molecule has 0 saturated heterocycles. The lowest BCUT2D eigenvalue weighted by molar-refractivity contribution is -0.112. The smallest absolute Gasteiger partial charge is 0.266 e. The SMILES string of the molecule is COc1ccc(NC(=O)/C(C#N)=C\c2cc(Cl)c(OCc3ccccc3)c(OC)c2)cc1. The van der Waals surface area contributed by atoms with Gasteiger partial charge in [0, 0.05) is 5.69 Å². The van der Waals surface area contributed by atoms with E-state index < -0.39 is 5.91 Å². The minimum absolute atomic E-state index is 0.0862.